The Balaban J connectivity index is 0.00000690. The smallest absolute Gasteiger partial charge is 0 e. The molecule has 0 aliphatic heterocycles. The molecule has 0 saturated carbocycles. The van der Waals surface area contributed by atoms with Crippen molar-refractivity contribution in [3.63, 3.8) is 0 Å². The third-order valence-corrected chi connectivity index (χ3v) is 42.1. The van der Waals surface area contributed by atoms with Gasteiger partial charge in [0.1, 0.15) is 0 Å². The van der Waals surface area contributed by atoms with Crippen molar-refractivity contribution in [2.45, 2.75) is 4.64 Å². The average molecular weight is 1220 g/mol. The first-order chi connectivity index (χ1) is 39.6. The van der Waals surface area contributed by atoms with Crippen LogP contribution in [0.25, 0.3) is 0 Å². The number of carbonyl (C=O) groups is 1. The first-order valence-corrected chi connectivity index (χ1v) is 35.4. The fourth-order valence-electron chi connectivity index (χ4n) is 13.9. The normalized spacial score (nSPS) is 13.3. The van der Waals surface area contributed by atoms with Gasteiger partial charge < -0.3 is 0 Å². The monoisotopic (exact) mass is 1210 g/mol. The number of hydrogen-bond donors (Lipinski definition) is 0. The Kier molecular flexibility index (Phi) is 16.9. The van der Waals surface area contributed by atoms with Gasteiger partial charge in [-0.05, 0) is 0 Å². The van der Waals surface area contributed by atoms with Crippen LogP contribution in [-0.2, 0) is 29.7 Å². The molecule has 0 amide bonds. The summed E-state index contributed by atoms with van der Waals surface area (Å²) in [5, 5.41) is 12.9. The van der Waals surface area contributed by atoms with Gasteiger partial charge in [-0.15, -0.1) is 0 Å². The van der Waals surface area contributed by atoms with E-state index < -0.39 is 33.9 Å². The maximum atomic E-state index is 20.2. The molecule has 0 aliphatic rings. The number of carbonyl (C=O) groups excluding carboxylic acids is 1. The summed E-state index contributed by atoms with van der Waals surface area (Å²) in [6, 6.07) is 133. The molecule has 402 valence electrons. The van der Waals surface area contributed by atoms with E-state index in [1.54, 1.807) is 0 Å². The van der Waals surface area contributed by atoms with Crippen molar-refractivity contribution in [2.24, 2.45) is 0 Å². The molecule has 0 aliphatic carbocycles. The summed E-state index contributed by atoms with van der Waals surface area (Å²) in [6.07, 6.45) is 0. The summed E-state index contributed by atoms with van der Waals surface area (Å²) in [7, 11) is -17.1. The third kappa shape index (κ3) is 9.14. The molecule has 0 radical (unpaired) electrons. The van der Waals surface area contributed by atoms with E-state index >= 15 is 4.79 Å². The van der Waals surface area contributed by atoms with Gasteiger partial charge in [0.05, 0.1) is 0 Å². The van der Waals surface area contributed by atoms with Crippen molar-refractivity contribution in [2.75, 3.05) is 0 Å². The van der Waals surface area contributed by atoms with Crippen LogP contribution >= 0.6 is 29.3 Å². The first kappa shape index (κ1) is 55.4. The topological polar surface area (TPSA) is 26.3 Å². The summed E-state index contributed by atoms with van der Waals surface area (Å²) >= 11 is 0. The molecular weight excluding hydrogens is 1150 g/mol. The molecule has 0 atom stereocenters. The van der Waals surface area contributed by atoms with Gasteiger partial charge in [0, 0.05) is 20.4 Å². The van der Waals surface area contributed by atoms with Crippen LogP contribution in [0.1, 0.15) is 0 Å². The minimum absolute atomic E-state index is 0. The Morgan fingerprint density at radius 2 is 0.333 bits per heavy atom. The third-order valence-electron chi connectivity index (χ3n) is 16.6. The molecule has 0 spiro atoms. The molecule has 81 heavy (non-hydrogen) atoms. The van der Waals surface area contributed by atoms with Crippen LogP contribution in [0.3, 0.4) is 0 Å². The van der Waals surface area contributed by atoms with E-state index in [1.165, 1.54) is 0 Å². The molecule has 12 aromatic carbocycles. The van der Waals surface area contributed by atoms with E-state index in [0.29, 0.717) is 0 Å². The van der Waals surface area contributed by atoms with Crippen molar-refractivity contribution < 1.29 is 29.7 Å². The number of benzene rings is 12. The number of rotatable bonds is 17. The fraction of sp³-hybridized carbons (Fsp3) is 0.0135. The van der Waals surface area contributed by atoms with E-state index in [2.05, 4.69) is 364 Å². The number of hydrogen-bond acceptors (Lipinski definition) is 2. The maximum Gasteiger partial charge on any atom is 0 e. The summed E-state index contributed by atoms with van der Waals surface area (Å²) in [5.74, 6) is -0.213. The van der Waals surface area contributed by atoms with Gasteiger partial charge in [-0.25, -0.2) is 0 Å². The van der Waals surface area contributed by atoms with Gasteiger partial charge in [-0.3, -0.25) is 0 Å². The maximum absolute atomic E-state index is 20.2. The van der Waals surface area contributed by atoms with Gasteiger partial charge in [-0.1, -0.05) is 0 Å². The van der Waals surface area contributed by atoms with Crippen LogP contribution in [0, 0.1) is 0 Å². The molecule has 0 N–H and O–H groups in total. The van der Waals surface area contributed by atoms with E-state index in [9.17, 15) is 0 Å². The van der Waals surface area contributed by atoms with Crippen molar-refractivity contribution in [1.82, 2.24) is 0 Å². The zero-order valence-corrected chi connectivity index (χ0v) is 50.3. The van der Waals surface area contributed by atoms with Crippen LogP contribution in [0.4, 0.5) is 0 Å². The first-order valence-electron chi connectivity index (χ1n) is 27.5. The Hall–Kier alpha value is -7.51. The van der Waals surface area contributed by atoms with E-state index in [0.717, 1.165) is 63.7 Å². The predicted molar refractivity (Wildman–Crippen MR) is 355 cm³/mol. The fourth-order valence-corrected chi connectivity index (χ4v) is 46.7. The van der Waals surface area contributed by atoms with E-state index in [1.807, 2.05) is 0 Å². The van der Waals surface area contributed by atoms with Gasteiger partial charge >= 0.3 is 477 Å². The SMILES string of the molecule is O=C(O[PH](c1ccccc1)(c1ccccc1)c1ccccc1)C([PH](c1ccccc1)(c1ccccc1)c1ccccc1)([PH](c1ccccc1)(c1ccccc1)c1ccccc1)[PH](c1ccccc1)(c1ccccc1)c1ccccc1.[Pd]. The molecule has 0 fully saturated rings. The largest absolute Gasteiger partial charge is 0 e. The molecule has 7 heteroatoms. The summed E-state index contributed by atoms with van der Waals surface area (Å²) in [5.41, 5.74) is 0. The van der Waals surface area contributed by atoms with Gasteiger partial charge in [0.15, 0.2) is 0 Å². The second-order valence-corrected chi connectivity index (χ2v) is 37.2. The van der Waals surface area contributed by atoms with Gasteiger partial charge in [0.2, 0.25) is 0 Å². The second-order valence-electron chi connectivity index (χ2n) is 20.5. The minimum atomic E-state index is -4.37. The molecule has 12 aromatic rings. The molecule has 12 rings (SSSR count). The van der Waals surface area contributed by atoms with Crippen LogP contribution in [-0.4, -0.2) is 10.6 Å². The van der Waals surface area contributed by atoms with Gasteiger partial charge in [0.25, 0.3) is 0 Å². The predicted octanol–water partition coefficient (Wildman–Crippen LogP) is 12.0. The Morgan fingerprint density at radius 1 is 0.210 bits per heavy atom. The van der Waals surface area contributed by atoms with Gasteiger partial charge in [-0.2, -0.15) is 0 Å². The molecule has 0 heterocycles. The van der Waals surface area contributed by atoms with Crippen molar-refractivity contribution in [3.8, 4) is 0 Å². The van der Waals surface area contributed by atoms with Crippen LogP contribution in [0.5, 0.6) is 0 Å². The molecule has 0 saturated heterocycles. The van der Waals surface area contributed by atoms with E-state index in [-0.39, 0.29) is 26.4 Å². The zero-order valence-electron chi connectivity index (χ0n) is 44.8. The summed E-state index contributed by atoms with van der Waals surface area (Å²) in [6.45, 7) is 0. The Labute approximate surface area is 493 Å². The van der Waals surface area contributed by atoms with Crippen molar-refractivity contribution in [3.05, 3.63) is 364 Å². The quantitative estimate of drug-likeness (QED) is 0.0671. The van der Waals surface area contributed by atoms with Crippen LogP contribution in [0.2, 0.25) is 0 Å². The van der Waals surface area contributed by atoms with Crippen LogP contribution in [0.15, 0.2) is 364 Å². The molecule has 0 aromatic heterocycles. The molecule has 0 bridgehead atoms. The zero-order chi connectivity index (χ0) is 54.1. The minimum Gasteiger partial charge on any atom is 0 e. The molecular formula is C74H64O2P4Pd. The van der Waals surface area contributed by atoms with Crippen molar-refractivity contribution in [1.29, 1.82) is 0 Å². The van der Waals surface area contributed by atoms with Crippen molar-refractivity contribution >= 4 is 98.9 Å². The Morgan fingerprint density at radius 3 is 0.469 bits per heavy atom. The molecule has 2 nitrogen and oxygen atoms in total. The Bertz CT molecular complexity index is 3210. The summed E-state index contributed by atoms with van der Waals surface area (Å²) < 4.78 is 7.30. The van der Waals surface area contributed by atoms with Crippen LogP contribution < -0.4 is 63.7 Å². The standard InChI is InChI=1S/C74H64O2P4.Pd/c75-73(76-80(70-55-31-10-32-56-70,71-57-33-11-34-58-71)72-59-35-12-36-60-72)74(77(61-37-13-1-14-38-61,62-39-15-2-16-40-62)63-41-17-3-18-42-63,78(64-43-19-4-20-44-64,65-45-21-5-22-46-65)66-47-23-6-24-48-66)79(67-49-25-7-26-50-67,68-51-27-8-28-52-68)69-53-29-9-30-54-69;/h1-60,77-80H;. The molecule has 0 unspecified atom stereocenters. The average Bonchev–Trinajstić information content (AvgIpc) is 3.41. The second kappa shape index (κ2) is 24.7. The van der Waals surface area contributed by atoms with E-state index in [4.69, 9.17) is 4.52 Å². The summed E-state index contributed by atoms with van der Waals surface area (Å²) in [4.78, 5) is 20.2.